The lowest BCUT2D eigenvalue weighted by Crippen LogP contribution is -1.94. The van der Waals surface area contributed by atoms with Crippen molar-refractivity contribution in [2.75, 3.05) is 6.61 Å². The smallest absolute Gasteiger partial charge is 0.119 e. The summed E-state index contributed by atoms with van der Waals surface area (Å²) in [4.78, 5) is 0.975. The summed E-state index contributed by atoms with van der Waals surface area (Å²) in [6.45, 7) is 4.34. The van der Waals surface area contributed by atoms with Crippen molar-refractivity contribution in [3.05, 3.63) is 61.2 Å². The van der Waals surface area contributed by atoms with Crippen LogP contribution in [0.4, 0.5) is 0 Å². The summed E-state index contributed by atoms with van der Waals surface area (Å²) in [5, 5.41) is 0. The molecule has 0 saturated heterocycles. The van der Waals surface area contributed by atoms with Crippen LogP contribution in [-0.4, -0.2) is 6.61 Å². The summed E-state index contributed by atoms with van der Waals surface area (Å²) in [7, 11) is 0. The average Bonchev–Trinajstić information content (AvgIpc) is 2.41. The van der Waals surface area contributed by atoms with Crippen LogP contribution < -0.4 is 4.74 Å². The minimum atomic E-state index is 0.678. The van der Waals surface area contributed by atoms with Gasteiger partial charge >= 0.3 is 0 Å². The minimum absolute atomic E-state index is 0.678. The molecular weight excluding hydrogens is 240 g/mol. The number of thiol groups is 1. The van der Waals surface area contributed by atoms with Crippen molar-refractivity contribution < 1.29 is 4.74 Å². The first-order chi connectivity index (χ1) is 8.79. The van der Waals surface area contributed by atoms with Crippen molar-refractivity contribution in [1.82, 2.24) is 0 Å². The SMILES string of the molecule is C=CCCOc1ccc(-c2ccc(S)cc2)cc1. The molecule has 0 aliphatic heterocycles. The zero-order chi connectivity index (χ0) is 12.8. The summed E-state index contributed by atoms with van der Waals surface area (Å²) in [5.41, 5.74) is 2.37. The Morgan fingerprint density at radius 2 is 1.50 bits per heavy atom. The van der Waals surface area contributed by atoms with Gasteiger partial charge in [-0.05, 0) is 41.8 Å². The van der Waals surface area contributed by atoms with Crippen molar-refractivity contribution in [2.24, 2.45) is 0 Å². The molecule has 0 aliphatic carbocycles. The molecule has 18 heavy (non-hydrogen) atoms. The number of hydrogen-bond acceptors (Lipinski definition) is 2. The Kier molecular flexibility index (Phi) is 4.48. The maximum Gasteiger partial charge on any atom is 0.119 e. The van der Waals surface area contributed by atoms with Gasteiger partial charge in [-0.15, -0.1) is 19.2 Å². The molecular formula is C16H16OS. The lowest BCUT2D eigenvalue weighted by atomic mass is 10.1. The second-order valence-corrected chi connectivity index (χ2v) is 4.51. The third kappa shape index (κ3) is 3.41. The van der Waals surface area contributed by atoms with E-state index in [0.29, 0.717) is 6.61 Å². The van der Waals surface area contributed by atoms with E-state index in [-0.39, 0.29) is 0 Å². The maximum atomic E-state index is 5.57. The van der Waals surface area contributed by atoms with Gasteiger partial charge in [-0.25, -0.2) is 0 Å². The van der Waals surface area contributed by atoms with Crippen LogP contribution in [0.15, 0.2) is 66.1 Å². The molecule has 0 spiro atoms. The first-order valence-corrected chi connectivity index (χ1v) is 6.37. The molecule has 0 bridgehead atoms. The van der Waals surface area contributed by atoms with Gasteiger partial charge in [0.15, 0.2) is 0 Å². The van der Waals surface area contributed by atoms with Crippen molar-refractivity contribution in [3.8, 4) is 16.9 Å². The van der Waals surface area contributed by atoms with Crippen LogP contribution in [0.3, 0.4) is 0 Å². The van der Waals surface area contributed by atoms with Crippen molar-refractivity contribution in [1.29, 1.82) is 0 Å². The molecule has 2 rings (SSSR count). The fraction of sp³-hybridized carbons (Fsp3) is 0.125. The first kappa shape index (κ1) is 12.8. The van der Waals surface area contributed by atoms with Gasteiger partial charge in [0.2, 0.25) is 0 Å². The van der Waals surface area contributed by atoms with Crippen LogP contribution in [0.2, 0.25) is 0 Å². The molecule has 0 radical (unpaired) electrons. The molecule has 2 aromatic rings. The predicted octanol–water partition coefficient (Wildman–Crippen LogP) is 4.60. The lowest BCUT2D eigenvalue weighted by molar-refractivity contribution is 0.325. The van der Waals surface area contributed by atoms with Crippen molar-refractivity contribution >= 4 is 12.6 Å². The van der Waals surface area contributed by atoms with Crippen molar-refractivity contribution in [2.45, 2.75) is 11.3 Å². The highest BCUT2D eigenvalue weighted by Crippen LogP contribution is 2.23. The van der Waals surface area contributed by atoms with E-state index in [1.54, 1.807) is 0 Å². The number of hydrogen-bond donors (Lipinski definition) is 1. The molecule has 0 amide bonds. The molecule has 0 unspecified atom stereocenters. The fourth-order valence-electron chi connectivity index (χ4n) is 1.66. The van der Waals surface area contributed by atoms with E-state index in [4.69, 9.17) is 4.74 Å². The highest BCUT2D eigenvalue weighted by atomic mass is 32.1. The Morgan fingerprint density at radius 1 is 0.944 bits per heavy atom. The van der Waals surface area contributed by atoms with Crippen LogP contribution in [0.1, 0.15) is 6.42 Å². The molecule has 0 heterocycles. The molecule has 2 aromatic carbocycles. The third-order valence-corrected chi connectivity index (χ3v) is 2.94. The standard InChI is InChI=1S/C16H16OS/c1-2-3-12-17-15-8-4-13(5-9-15)14-6-10-16(18)11-7-14/h2,4-11,18H,1,3,12H2. The average molecular weight is 256 g/mol. The van der Waals surface area contributed by atoms with Gasteiger partial charge < -0.3 is 4.74 Å². The van der Waals surface area contributed by atoms with E-state index in [9.17, 15) is 0 Å². The quantitative estimate of drug-likeness (QED) is 0.467. The molecule has 92 valence electrons. The van der Waals surface area contributed by atoms with E-state index >= 15 is 0 Å². The molecule has 0 N–H and O–H groups in total. The minimum Gasteiger partial charge on any atom is -0.493 e. The van der Waals surface area contributed by atoms with Gasteiger partial charge in [0.1, 0.15) is 5.75 Å². The fourth-order valence-corrected chi connectivity index (χ4v) is 1.81. The summed E-state index contributed by atoms with van der Waals surface area (Å²) < 4.78 is 5.57. The molecule has 1 nitrogen and oxygen atoms in total. The molecule has 0 aromatic heterocycles. The summed E-state index contributed by atoms with van der Waals surface area (Å²) >= 11 is 4.28. The monoisotopic (exact) mass is 256 g/mol. The normalized spacial score (nSPS) is 10.1. The van der Waals surface area contributed by atoms with Crippen LogP contribution in [0.25, 0.3) is 11.1 Å². The van der Waals surface area contributed by atoms with E-state index in [2.05, 4.69) is 43.5 Å². The topological polar surface area (TPSA) is 9.23 Å². The van der Waals surface area contributed by atoms with Gasteiger partial charge in [0.25, 0.3) is 0 Å². The molecule has 0 fully saturated rings. The maximum absolute atomic E-state index is 5.57. The molecule has 0 saturated carbocycles. The van der Waals surface area contributed by atoms with Gasteiger partial charge in [-0.3, -0.25) is 0 Å². The largest absolute Gasteiger partial charge is 0.493 e. The molecule has 0 atom stereocenters. The van der Waals surface area contributed by atoms with E-state index < -0.39 is 0 Å². The summed E-state index contributed by atoms with van der Waals surface area (Å²) in [6, 6.07) is 16.2. The van der Waals surface area contributed by atoms with Crippen LogP contribution >= 0.6 is 12.6 Å². The lowest BCUT2D eigenvalue weighted by Gasteiger charge is -2.06. The van der Waals surface area contributed by atoms with Gasteiger partial charge in [-0.1, -0.05) is 30.3 Å². The second-order valence-electron chi connectivity index (χ2n) is 4.00. The highest BCUT2D eigenvalue weighted by molar-refractivity contribution is 7.80. The van der Waals surface area contributed by atoms with Gasteiger partial charge in [0, 0.05) is 4.90 Å². The second kappa shape index (κ2) is 6.31. The number of rotatable bonds is 5. The highest BCUT2D eigenvalue weighted by Gasteiger charge is 1.98. The molecule has 0 aliphatic rings. The van der Waals surface area contributed by atoms with E-state index in [0.717, 1.165) is 17.1 Å². The molecule has 2 heteroatoms. The Balaban J connectivity index is 2.07. The van der Waals surface area contributed by atoms with Gasteiger partial charge in [0.05, 0.1) is 6.61 Å². The van der Waals surface area contributed by atoms with Crippen LogP contribution in [-0.2, 0) is 0 Å². The summed E-state index contributed by atoms with van der Waals surface area (Å²) in [5.74, 6) is 0.895. The summed E-state index contributed by atoms with van der Waals surface area (Å²) in [6.07, 6.45) is 2.72. The Hall–Kier alpha value is -1.67. The third-order valence-electron chi connectivity index (χ3n) is 2.65. The predicted molar refractivity (Wildman–Crippen MR) is 79.4 cm³/mol. The van der Waals surface area contributed by atoms with E-state index in [1.165, 1.54) is 11.1 Å². The Labute approximate surface area is 114 Å². The van der Waals surface area contributed by atoms with Crippen LogP contribution in [0.5, 0.6) is 5.75 Å². The van der Waals surface area contributed by atoms with Gasteiger partial charge in [-0.2, -0.15) is 0 Å². The number of ether oxygens (including phenoxy) is 1. The zero-order valence-corrected chi connectivity index (χ0v) is 11.1. The van der Waals surface area contributed by atoms with Crippen molar-refractivity contribution in [3.63, 3.8) is 0 Å². The Morgan fingerprint density at radius 3 is 2.06 bits per heavy atom. The Bertz CT molecular complexity index is 500. The number of benzene rings is 2. The zero-order valence-electron chi connectivity index (χ0n) is 10.2. The van der Waals surface area contributed by atoms with Crippen LogP contribution in [0, 0.1) is 0 Å². The van der Waals surface area contributed by atoms with E-state index in [1.807, 2.05) is 30.3 Å². The first-order valence-electron chi connectivity index (χ1n) is 5.93.